The zero-order valence-electron chi connectivity index (χ0n) is 20.7. The number of rotatable bonds is 3. The van der Waals surface area contributed by atoms with Crippen molar-refractivity contribution in [3.63, 3.8) is 0 Å². The molecule has 0 radical (unpaired) electrons. The molecule has 3 aliphatic carbocycles. The molecule has 2 aromatic carbocycles. The van der Waals surface area contributed by atoms with Crippen molar-refractivity contribution in [1.82, 2.24) is 0 Å². The Balaban J connectivity index is 1.65. The third-order valence-electron chi connectivity index (χ3n) is 8.19. The molecule has 0 spiro atoms. The van der Waals surface area contributed by atoms with Gasteiger partial charge in [-0.2, -0.15) is 5.26 Å². The minimum Gasteiger partial charge on any atom is -0.507 e. The van der Waals surface area contributed by atoms with E-state index in [4.69, 9.17) is 11.0 Å². The summed E-state index contributed by atoms with van der Waals surface area (Å²) in [6.07, 6.45) is -0.151. The van der Waals surface area contributed by atoms with Gasteiger partial charge in [0.05, 0.1) is 23.1 Å². The molecular weight excluding hydrogens is 490 g/mol. The van der Waals surface area contributed by atoms with Crippen LogP contribution in [-0.2, 0) is 25.6 Å². The maximum atomic E-state index is 13.9. The van der Waals surface area contributed by atoms with Crippen LogP contribution in [-0.4, -0.2) is 58.9 Å². The summed E-state index contributed by atoms with van der Waals surface area (Å²) < 4.78 is 0. The lowest BCUT2D eigenvalue weighted by Gasteiger charge is -2.48. The molecule has 0 aliphatic heterocycles. The molecule has 1 amide bonds. The zero-order chi connectivity index (χ0) is 27.7. The van der Waals surface area contributed by atoms with Gasteiger partial charge in [-0.15, -0.1) is 0 Å². The fourth-order valence-electron chi connectivity index (χ4n) is 6.36. The van der Waals surface area contributed by atoms with Crippen LogP contribution in [0.15, 0.2) is 30.3 Å². The van der Waals surface area contributed by atoms with Gasteiger partial charge >= 0.3 is 0 Å². The number of carbonyl (C=O) groups excluding carboxylic acids is 5. The Labute approximate surface area is 217 Å². The number of hydrogen-bond donors (Lipinski definition) is 3. The van der Waals surface area contributed by atoms with Crippen molar-refractivity contribution in [2.24, 2.45) is 29.4 Å². The van der Waals surface area contributed by atoms with Gasteiger partial charge < -0.3 is 20.8 Å². The van der Waals surface area contributed by atoms with Gasteiger partial charge in [-0.3, -0.25) is 24.0 Å². The number of amides is 1. The number of benzene rings is 2. The second-order valence-corrected chi connectivity index (χ2v) is 10.5. The van der Waals surface area contributed by atoms with Crippen molar-refractivity contribution >= 4 is 34.7 Å². The van der Waals surface area contributed by atoms with Crippen LogP contribution < -0.4 is 10.6 Å². The summed E-state index contributed by atoms with van der Waals surface area (Å²) in [6, 6.07) is 10.2. The number of anilines is 1. The number of aromatic hydroxyl groups is 1. The minimum atomic E-state index is -2.69. The van der Waals surface area contributed by atoms with E-state index in [2.05, 4.69) is 0 Å². The molecule has 10 heteroatoms. The Bertz CT molecular complexity index is 1490. The van der Waals surface area contributed by atoms with E-state index in [-0.39, 0.29) is 30.6 Å². The molecule has 2 fully saturated rings. The number of nitriles is 1. The molecule has 2 saturated carbocycles. The van der Waals surface area contributed by atoms with Gasteiger partial charge in [-0.1, -0.05) is 12.1 Å². The molecule has 0 bridgehead atoms. The molecule has 4 N–H and O–H groups in total. The van der Waals surface area contributed by atoms with Crippen LogP contribution in [0.25, 0.3) is 11.1 Å². The van der Waals surface area contributed by atoms with Crippen molar-refractivity contribution in [3.05, 3.63) is 47.0 Å². The zero-order valence-corrected chi connectivity index (χ0v) is 20.7. The molecular formula is C28H25N3O7. The Kier molecular flexibility index (Phi) is 5.72. The molecule has 5 rings (SSSR count). The number of ketones is 4. The Morgan fingerprint density at radius 1 is 1.11 bits per heavy atom. The molecule has 0 aromatic heterocycles. The summed E-state index contributed by atoms with van der Waals surface area (Å²) in [6.45, 7) is 0. The molecule has 2 unspecified atom stereocenters. The summed E-state index contributed by atoms with van der Waals surface area (Å²) in [5.74, 6) is -10.5. The molecule has 194 valence electrons. The van der Waals surface area contributed by atoms with Crippen molar-refractivity contribution < 1.29 is 34.2 Å². The second-order valence-electron chi connectivity index (χ2n) is 10.5. The van der Waals surface area contributed by atoms with E-state index in [1.807, 2.05) is 6.07 Å². The van der Waals surface area contributed by atoms with E-state index >= 15 is 0 Å². The SMILES string of the molecule is CN(C)c1cc(-c2ccc(C#N)cc2)c(O)c2c1C[C@H]1C[C@H]3CC(=O)C(C(N)=O)C(=O)[C@@]3(O)C(=O)C1C2=O. The number of nitrogens with two attached hydrogens (primary N) is 1. The normalized spacial score (nSPS) is 28.2. The van der Waals surface area contributed by atoms with Crippen molar-refractivity contribution in [1.29, 1.82) is 5.26 Å². The van der Waals surface area contributed by atoms with E-state index in [1.165, 1.54) is 0 Å². The molecule has 5 atom stereocenters. The van der Waals surface area contributed by atoms with Gasteiger partial charge in [-0.25, -0.2) is 0 Å². The van der Waals surface area contributed by atoms with Crippen molar-refractivity contribution in [3.8, 4) is 22.9 Å². The summed E-state index contributed by atoms with van der Waals surface area (Å²) in [5, 5.41) is 31.8. The predicted octanol–water partition coefficient (Wildman–Crippen LogP) is 0.932. The smallest absolute Gasteiger partial charge is 0.235 e. The number of aliphatic hydroxyl groups is 1. The van der Waals surface area contributed by atoms with E-state index < -0.39 is 58.3 Å². The van der Waals surface area contributed by atoms with E-state index in [1.54, 1.807) is 49.3 Å². The lowest BCUT2D eigenvalue weighted by molar-refractivity contribution is -0.175. The number of primary amides is 1. The van der Waals surface area contributed by atoms with Crippen LogP contribution in [0.3, 0.4) is 0 Å². The predicted molar refractivity (Wildman–Crippen MR) is 133 cm³/mol. The van der Waals surface area contributed by atoms with Gasteiger partial charge in [-0.05, 0) is 48.1 Å². The molecule has 0 heterocycles. The standard InChI is InChI=1S/C28H25N3O7/c1-31(2)18-10-16(13-5-3-12(11-29)4-6-13)23(33)21-17(18)8-14-7-15-9-19(32)22(27(30)37)26(36)28(15,38)25(35)20(14)24(21)34/h3-6,10,14-15,20,22,33,38H,7-9H2,1-2H3,(H2,30,37)/t14-,15+,20?,22?,28+/m1/s1. The number of phenolic OH excluding ortho intramolecular Hbond substituents is 1. The topological polar surface area (TPSA) is 179 Å². The minimum absolute atomic E-state index is 0.0338. The highest BCUT2D eigenvalue weighted by molar-refractivity contribution is 6.31. The van der Waals surface area contributed by atoms with Crippen LogP contribution >= 0.6 is 0 Å². The second kappa shape index (κ2) is 8.60. The maximum Gasteiger partial charge on any atom is 0.235 e. The number of fused-ring (bicyclic) bond motifs is 3. The fourth-order valence-corrected chi connectivity index (χ4v) is 6.36. The van der Waals surface area contributed by atoms with Crippen LogP contribution in [0.5, 0.6) is 5.75 Å². The number of Topliss-reactive ketones (excluding diaryl/α,β-unsaturated/α-hetero) is 4. The van der Waals surface area contributed by atoms with Crippen molar-refractivity contribution in [2.75, 3.05) is 19.0 Å². The largest absolute Gasteiger partial charge is 0.507 e. The first-order valence-corrected chi connectivity index (χ1v) is 12.2. The first-order chi connectivity index (χ1) is 17.9. The third-order valence-corrected chi connectivity index (χ3v) is 8.19. The van der Waals surface area contributed by atoms with Gasteiger partial charge in [0.1, 0.15) is 5.75 Å². The third kappa shape index (κ3) is 3.39. The van der Waals surface area contributed by atoms with E-state index in [9.17, 15) is 34.2 Å². The summed E-state index contributed by atoms with van der Waals surface area (Å²) in [5.41, 5.74) is 4.91. The van der Waals surface area contributed by atoms with Crippen LogP contribution in [0, 0.1) is 35.0 Å². The van der Waals surface area contributed by atoms with Gasteiger partial charge in [0.25, 0.3) is 0 Å². The molecule has 10 nitrogen and oxygen atoms in total. The van der Waals surface area contributed by atoms with Gasteiger partial charge in [0.15, 0.2) is 34.7 Å². The summed E-state index contributed by atoms with van der Waals surface area (Å²) >= 11 is 0. The highest BCUT2D eigenvalue weighted by Gasteiger charge is 2.66. The number of nitrogens with zero attached hydrogens (tertiary/aromatic N) is 2. The monoisotopic (exact) mass is 515 g/mol. The van der Waals surface area contributed by atoms with E-state index in [0.29, 0.717) is 27.9 Å². The Hall–Kier alpha value is -4.36. The first-order valence-electron chi connectivity index (χ1n) is 12.2. The maximum absolute atomic E-state index is 13.9. The van der Waals surface area contributed by atoms with E-state index in [0.717, 1.165) is 0 Å². The van der Waals surface area contributed by atoms with Crippen LogP contribution in [0.1, 0.15) is 34.3 Å². The van der Waals surface area contributed by atoms with Crippen LogP contribution in [0.2, 0.25) is 0 Å². The highest BCUT2D eigenvalue weighted by Crippen LogP contribution is 2.52. The lowest BCUT2D eigenvalue weighted by atomic mass is 9.53. The quantitative estimate of drug-likeness (QED) is 0.501. The van der Waals surface area contributed by atoms with Gasteiger partial charge in [0, 0.05) is 37.7 Å². The molecule has 2 aromatic rings. The average Bonchev–Trinajstić information content (AvgIpc) is 2.86. The average molecular weight is 516 g/mol. The first kappa shape index (κ1) is 25.3. The Morgan fingerprint density at radius 2 is 1.76 bits per heavy atom. The summed E-state index contributed by atoms with van der Waals surface area (Å²) in [7, 11) is 3.55. The van der Waals surface area contributed by atoms with Crippen LogP contribution in [0.4, 0.5) is 5.69 Å². The summed E-state index contributed by atoms with van der Waals surface area (Å²) in [4.78, 5) is 66.8. The number of carbonyl (C=O) groups is 5. The number of hydrogen-bond acceptors (Lipinski definition) is 9. The molecule has 38 heavy (non-hydrogen) atoms. The Morgan fingerprint density at radius 3 is 2.34 bits per heavy atom. The highest BCUT2D eigenvalue weighted by atomic mass is 16.3. The van der Waals surface area contributed by atoms with Crippen molar-refractivity contribution in [2.45, 2.75) is 24.9 Å². The molecule has 3 aliphatic rings. The lowest BCUT2D eigenvalue weighted by Crippen LogP contribution is -2.68. The number of phenols is 1. The fraction of sp³-hybridized carbons (Fsp3) is 0.357. The van der Waals surface area contributed by atoms with Gasteiger partial charge in [0.2, 0.25) is 5.91 Å². The molecule has 0 saturated heterocycles.